The number of primary amides is 1. The van der Waals surface area contributed by atoms with Gasteiger partial charge in [-0.2, -0.15) is 0 Å². The molecule has 1 unspecified atom stereocenters. The summed E-state index contributed by atoms with van der Waals surface area (Å²) in [5.41, 5.74) is 6.41. The van der Waals surface area contributed by atoms with Crippen molar-refractivity contribution in [2.24, 2.45) is 5.73 Å². The standard InChI is InChI=1S/C15H18N2O3S2.C7H16N2S/c1-3-12(13-5-4-8-21-13)11-7-6-10(2)14(9-11)22(19,20)17-15(16)18;1-3-4-5-6-9-7(10)8-2/h4-9,12H,3H2,1-2H3,(H3,16,17,18);3-6H2,1-2H3,(H2,8,9,10). The van der Waals surface area contributed by atoms with Crippen LogP contribution in [0, 0.1) is 6.92 Å². The average molecular weight is 499 g/mol. The van der Waals surface area contributed by atoms with E-state index in [0.29, 0.717) is 5.56 Å². The molecule has 0 bridgehead atoms. The van der Waals surface area contributed by atoms with Gasteiger partial charge >= 0.3 is 6.03 Å². The highest BCUT2D eigenvalue weighted by Gasteiger charge is 2.21. The van der Waals surface area contributed by atoms with Crippen LogP contribution in [-0.2, 0) is 10.0 Å². The van der Waals surface area contributed by atoms with E-state index in [-0.39, 0.29) is 10.8 Å². The molecule has 1 aromatic carbocycles. The Balaban J connectivity index is 0.000000433. The van der Waals surface area contributed by atoms with E-state index in [4.69, 9.17) is 18.0 Å². The Kier molecular flexibility index (Phi) is 12.3. The fourth-order valence-corrected chi connectivity index (χ4v) is 5.26. The SMILES string of the molecule is CCC(c1ccc(C)c(S(=O)(=O)NC(N)=O)c1)c1cccs1.CCCCCNC(=S)NC. The monoisotopic (exact) mass is 498 g/mol. The molecular weight excluding hydrogens is 464 g/mol. The smallest absolute Gasteiger partial charge is 0.326 e. The van der Waals surface area contributed by atoms with Crippen LogP contribution in [0.1, 0.15) is 61.5 Å². The van der Waals surface area contributed by atoms with Gasteiger partial charge in [-0.25, -0.2) is 17.9 Å². The average Bonchev–Trinajstić information content (AvgIpc) is 3.26. The lowest BCUT2D eigenvalue weighted by molar-refractivity contribution is 0.253. The van der Waals surface area contributed by atoms with Crippen molar-refractivity contribution in [3.8, 4) is 0 Å². The molecule has 2 rings (SSSR count). The number of nitrogens with two attached hydrogens (primary N) is 1. The molecule has 178 valence electrons. The molecule has 7 nitrogen and oxygen atoms in total. The summed E-state index contributed by atoms with van der Waals surface area (Å²) in [6, 6.07) is 8.22. The van der Waals surface area contributed by atoms with Crippen molar-refractivity contribution in [2.75, 3.05) is 13.6 Å². The second-order valence-electron chi connectivity index (χ2n) is 7.18. The highest BCUT2D eigenvalue weighted by atomic mass is 32.2. The van der Waals surface area contributed by atoms with E-state index in [1.54, 1.807) is 30.4 Å². The Morgan fingerprint density at radius 1 is 1.22 bits per heavy atom. The second kappa shape index (κ2) is 14.1. The maximum Gasteiger partial charge on any atom is 0.326 e. The van der Waals surface area contributed by atoms with E-state index in [1.165, 1.54) is 24.1 Å². The minimum atomic E-state index is -3.94. The Morgan fingerprint density at radius 2 is 1.94 bits per heavy atom. The third-order valence-corrected chi connectivity index (χ3v) is 7.55. The summed E-state index contributed by atoms with van der Waals surface area (Å²) in [5, 5.41) is 8.69. The molecule has 2 amide bonds. The first kappa shape index (κ1) is 27.9. The number of thiophene rings is 1. The molecule has 5 N–H and O–H groups in total. The molecule has 0 saturated carbocycles. The lowest BCUT2D eigenvalue weighted by Crippen LogP contribution is -2.35. The number of thiocarbonyl (C=S) groups is 1. The summed E-state index contributed by atoms with van der Waals surface area (Å²) < 4.78 is 26.2. The first-order valence-corrected chi connectivity index (χ1v) is 13.3. The summed E-state index contributed by atoms with van der Waals surface area (Å²) in [4.78, 5) is 12.2. The van der Waals surface area contributed by atoms with Crippen molar-refractivity contribution in [1.82, 2.24) is 15.4 Å². The number of aryl methyl sites for hydroxylation is 1. The summed E-state index contributed by atoms with van der Waals surface area (Å²) in [7, 11) is -2.12. The second-order valence-corrected chi connectivity index (χ2v) is 10.2. The number of hydrogen-bond acceptors (Lipinski definition) is 5. The minimum Gasteiger partial charge on any atom is -0.366 e. The molecule has 0 aliphatic carbocycles. The lowest BCUT2D eigenvalue weighted by atomic mass is 9.94. The van der Waals surface area contributed by atoms with Gasteiger partial charge in [-0.15, -0.1) is 11.3 Å². The van der Waals surface area contributed by atoms with Gasteiger partial charge in [0.25, 0.3) is 10.0 Å². The van der Waals surface area contributed by atoms with Crippen molar-refractivity contribution >= 4 is 44.7 Å². The maximum atomic E-state index is 12.2. The Morgan fingerprint density at radius 3 is 2.47 bits per heavy atom. The molecule has 0 aliphatic rings. The van der Waals surface area contributed by atoms with Crippen LogP contribution in [0.3, 0.4) is 0 Å². The van der Waals surface area contributed by atoms with Crippen LogP contribution in [0.15, 0.2) is 40.6 Å². The predicted octanol–water partition coefficient (Wildman–Crippen LogP) is 4.23. The van der Waals surface area contributed by atoms with Crippen LogP contribution in [0.4, 0.5) is 4.79 Å². The van der Waals surface area contributed by atoms with Crippen LogP contribution in [-0.4, -0.2) is 33.2 Å². The fraction of sp³-hybridized carbons (Fsp3) is 0.455. The summed E-state index contributed by atoms with van der Waals surface area (Å²) in [5.74, 6) is 0.128. The molecule has 0 fully saturated rings. The van der Waals surface area contributed by atoms with Gasteiger partial charge in [-0.3, -0.25) is 0 Å². The van der Waals surface area contributed by atoms with Crippen LogP contribution in [0.5, 0.6) is 0 Å². The van der Waals surface area contributed by atoms with Gasteiger partial charge in [0.1, 0.15) is 0 Å². The lowest BCUT2D eigenvalue weighted by Gasteiger charge is -2.16. The Bertz CT molecular complexity index is 961. The molecule has 10 heteroatoms. The zero-order chi connectivity index (χ0) is 24.1. The highest BCUT2D eigenvalue weighted by molar-refractivity contribution is 7.90. The number of unbranched alkanes of at least 4 members (excludes halogenated alkanes) is 2. The molecular formula is C22H34N4O3S3. The molecule has 1 atom stereocenters. The number of amides is 2. The molecule has 32 heavy (non-hydrogen) atoms. The maximum absolute atomic E-state index is 12.2. The number of hydrogen-bond donors (Lipinski definition) is 4. The molecule has 0 saturated heterocycles. The van der Waals surface area contributed by atoms with Gasteiger partial charge in [0.05, 0.1) is 4.90 Å². The normalized spacial score (nSPS) is 11.6. The van der Waals surface area contributed by atoms with Crippen LogP contribution < -0.4 is 21.1 Å². The van der Waals surface area contributed by atoms with Crippen LogP contribution >= 0.6 is 23.6 Å². The molecule has 1 aromatic heterocycles. The number of carbonyl (C=O) groups excluding carboxylic acids is 1. The number of sulfonamides is 1. The molecule has 0 radical (unpaired) electrons. The first-order valence-electron chi connectivity index (χ1n) is 10.6. The quantitative estimate of drug-likeness (QED) is 0.304. The van der Waals surface area contributed by atoms with E-state index >= 15 is 0 Å². The summed E-state index contributed by atoms with van der Waals surface area (Å²) in [6.45, 7) is 6.93. The third-order valence-electron chi connectivity index (χ3n) is 4.73. The predicted molar refractivity (Wildman–Crippen MR) is 137 cm³/mol. The Labute approximate surface area is 201 Å². The van der Waals surface area contributed by atoms with Gasteiger partial charge in [0.2, 0.25) is 0 Å². The third kappa shape index (κ3) is 9.13. The first-order chi connectivity index (χ1) is 15.2. The van der Waals surface area contributed by atoms with E-state index in [2.05, 4.69) is 24.5 Å². The number of rotatable bonds is 9. The summed E-state index contributed by atoms with van der Waals surface area (Å²) in [6.07, 6.45) is 4.60. The topological polar surface area (TPSA) is 113 Å². The molecule has 0 aliphatic heterocycles. The minimum absolute atomic E-state index is 0.0822. The van der Waals surface area contributed by atoms with Crippen molar-refractivity contribution in [3.63, 3.8) is 0 Å². The fourth-order valence-electron chi connectivity index (χ4n) is 3.07. The number of carbonyl (C=O) groups is 1. The van der Waals surface area contributed by atoms with E-state index in [9.17, 15) is 13.2 Å². The van der Waals surface area contributed by atoms with Gasteiger partial charge in [-0.1, -0.05) is 44.9 Å². The Hall–Kier alpha value is -2.17. The summed E-state index contributed by atoms with van der Waals surface area (Å²) >= 11 is 6.52. The van der Waals surface area contributed by atoms with E-state index in [1.807, 2.05) is 35.3 Å². The van der Waals surface area contributed by atoms with Crippen LogP contribution in [0.25, 0.3) is 0 Å². The van der Waals surface area contributed by atoms with E-state index < -0.39 is 16.1 Å². The van der Waals surface area contributed by atoms with Crippen molar-refractivity contribution in [1.29, 1.82) is 0 Å². The van der Waals surface area contributed by atoms with Crippen molar-refractivity contribution < 1.29 is 13.2 Å². The number of benzene rings is 1. The number of nitrogens with one attached hydrogen (secondary N) is 3. The van der Waals surface area contributed by atoms with Crippen molar-refractivity contribution in [3.05, 3.63) is 51.7 Å². The molecule has 0 spiro atoms. The highest BCUT2D eigenvalue weighted by Crippen LogP contribution is 2.32. The van der Waals surface area contributed by atoms with Crippen LogP contribution in [0.2, 0.25) is 0 Å². The molecule has 2 aromatic rings. The van der Waals surface area contributed by atoms with Gasteiger partial charge in [0.15, 0.2) is 5.11 Å². The number of urea groups is 1. The van der Waals surface area contributed by atoms with Gasteiger partial charge in [-0.05, 0) is 60.6 Å². The van der Waals surface area contributed by atoms with Crippen molar-refractivity contribution in [2.45, 2.75) is 57.3 Å². The van der Waals surface area contributed by atoms with E-state index in [0.717, 1.165) is 23.6 Å². The van der Waals surface area contributed by atoms with Gasteiger partial charge in [0, 0.05) is 24.4 Å². The zero-order valence-electron chi connectivity index (χ0n) is 19.1. The van der Waals surface area contributed by atoms with Gasteiger partial charge < -0.3 is 16.4 Å². The molecule has 1 heterocycles. The largest absolute Gasteiger partial charge is 0.366 e. The zero-order valence-corrected chi connectivity index (χ0v) is 21.6.